The molecule has 0 atom stereocenters. The van der Waals surface area contributed by atoms with Crippen LogP contribution in [0.25, 0.3) is 0 Å². The van der Waals surface area contributed by atoms with Gasteiger partial charge in [-0.2, -0.15) is 5.26 Å². The molecule has 1 heterocycles. The van der Waals surface area contributed by atoms with Gasteiger partial charge in [-0.05, 0) is 19.1 Å². The van der Waals surface area contributed by atoms with E-state index in [1.807, 2.05) is 13.0 Å². The van der Waals surface area contributed by atoms with E-state index >= 15 is 0 Å². The Bertz CT molecular complexity index is 426. The van der Waals surface area contributed by atoms with Crippen LogP contribution in [-0.4, -0.2) is 28.9 Å². The van der Waals surface area contributed by atoms with Crippen LogP contribution in [-0.2, 0) is 0 Å². The minimum absolute atomic E-state index is 0.123. The van der Waals surface area contributed by atoms with Gasteiger partial charge in [0.2, 0.25) is 0 Å². The molecule has 0 fully saturated rings. The van der Waals surface area contributed by atoms with E-state index in [4.69, 9.17) is 11.1 Å². The number of hydrogen-bond donors (Lipinski definition) is 2. The number of hydrogen-bond acceptors (Lipinski definition) is 5. The summed E-state index contributed by atoms with van der Waals surface area (Å²) in [7, 11) is 0. The van der Waals surface area contributed by atoms with Gasteiger partial charge >= 0.3 is 0 Å². The second-order valence-electron chi connectivity index (χ2n) is 3.37. The summed E-state index contributed by atoms with van der Waals surface area (Å²) >= 11 is 0. The van der Waals surface area contributed by atoms with E-state index in [9.17, 15) is 4.79 Å². The first-order valence-corrected chi connectivity index (χ1v) is 5.31. The van der Waals surface area contributed by atoms with Gasteiger partial charge in [-0.3, -0.25) is 4.79 Å². The molecule has 0 bridgehead atoms. The highest BCUT2D eigenvalue weighted by atomic mass is 16.2. The SMILES string of the molecule is CCN(CCC#N)C(=O)c1ccnc(NN)c1. The first-order valence-electron chi connectivity index (χ1n) is 5.31. The van der Waals surface area contributed by atoms with Gasteiger partial charge < -0.3 is 10.3 Å². The summed E-state index contributed by atoms with van der Waals surface area (Å²) in [6.07, 6.45) is 1.84. The van der Waals surface area contributed by atoms with Gasteiger partial charge in [-0.1, -0.05) is 0 Å². The molecule has 0 unspecified atom stereocenters. The predicted molar refractivity (Wildman–Crippen MR) is 63.9 cm³/mol. The number of nitrogens with one attached hydrogen (secondary N) is 1. The average Bonchev–Trinajstić information content (AvgIpc) is 2.39. The number of nitrogens with zero attached hydrogens (tertiary/aromatic N) is 3. The van der Waals surface area contributed by atoms with Crippen molar-refractivity contribution in [3.63, 3.8) is 0 Å². The highest BCUT2D eigenvalue weighted by molar-refractivity contribution is 5.94. The fourth-order valence-electron chi connectivity index (χ4n) is 1.41. The van der Waals surface area contributed by atoms with Crippen LogP contribution < -0.4 is 11.3 Å². The van der Waals surface area contributed by atoms with Gasteiger partial charge in [0.15, 0.2) is 0 Å². The minimum atomic E-state index is -0.123. The fourth-order valence-corrected chi connectivity index (χ4v) is 1.41. The molecule has 1 aromatic heterocycles. The number of amides is 1. The van der Waals surface area contributed by atoms with Gasteiger partial charge in [0.1, 0.15) is 5.82 Å². The van der Waals surface area contributed by atoms with E-state index in [1.165, 1.54) is 6.20 Å². The van der Waals surface area contributed by atoms with Gasteiger partial charge in [0.05, 0.1) is 12.5 Å². The molecule has 6 heteroatoms. The maximum Gasteiger partial charge on any atom is 0.254 e. The quantitative estimate of drug-likeness (QED) is 0.577. The number of rotatable bonds is 5. The predicted octanol–water partition coefficient (Wildman–Crippen LogP) is 0.743. The molecule has 0 spiro atoms. The molecule has 3 N–H and O–H groups in total. The molecule has 0 aliphatic heterocycles. The molecular formula is C11H15N5O. The number of carbonyl (C=O) groups is 1. The Hall–Kier alpha value is -2.13. The van der Waals surface area contributed by atoms with E-state index in [-0.39, 0.29) is 5.91 Å². The Balaban J connectivity index is 2.82. The number of aromatic nitrogens is 1. The molecule has 90 valence electrons. The Kier molecular flexibility index (Phi) is 4.91. The van der Waals surface area contributed by atoms with Crippen molar-refractivity contribution in [2.45, 2.75) is 13.3 Å². The lowest BCUT2D eigenvalue weighted by Crippen LogP contribution is -2.31. The number of nitriles is 1. The van der Waals surface area contributed by atoms with Crippen molar-refractivity contribution in [3.8, 4) is 6.07 Å². The molecule has 0 aromatic carbocycles. The largest absolute Gasteiger partial charge is 0.338 e. The molecule has 6 nitrogen and oxygen atoms in total. The standard InChI is InChI=1S/C11H15N5O/c1-2-16(7-3-5-12)11(17)9-4-6-14-10(8-9)15-13/h4,6,8H,2-3,7,13H2,1H3,(H,14,15). The highest BCUT2D eigenvalue weighted by Gasteiger charge is 2.14. The fraction of sp³-hybridized carbons (Fsp3) is 0.364. The van der Waals surface area contributed by atoms with Gasteiger partial charge in [-0.15, -0.1) is 0 Å². The molecule has 0 aliphatic carbocycles. The lowest BCUT2D eigenvalue weighted by Gasteiger charge is -2.19. The van der Waals surface area contributed by atoms with Crippen molar-refractivity contribution in [1.82, 2.24) is 9.88 Å². The first-order chi connectivity index (χ1) is 8.22. The van der Waals surface area contributed by atoms with Crippen molar-refractivity contribution in [2.24, 2.45) is 5.84 Å². The zero-order valence-electron chi connectivity index (χ0n) is 9.68. The second-order valence-corrected chi connectivity index (χ2v) is 3.37. The van der Waals surface area contributed by atoms with Crippen molar-refractivity contribution in [1.29, 1.82) is 5.26 Å². The van der Waals surface area contributed by atoms with Crippen molar-refractivity contribution >= 4 is 11.7 Å². The molecule has 0 saturated heterocycles. The summed E-state index contributed by atoms with van der Waals surface area (Å²) < 4.78 is 0. The first kappa shape index (κ1) is 12.9. The van der Waals surface area contributed by atoms with E-state index in [0.717, 1.165) is 0 Å². The molecule has 17 heavy (non-hydrogen) atoms. The van der Waals surface area contributed by atoms with Gasteiger partial charge in [0.25, 0.3) is 5.91 Å². The zero-order valence-corrected chi connectivity index (χ0v) is 9.68. The molecule has 1 aromatic rings. The third-order valence-electron chi connectivity index (χ3n) is 2.32. The van der Waals surface area contributed by atoms with Crippen molar-refractivity contribution < 1.29 is 4.79 Å². The summed E-state index contributed by atoms with van der Waals surface area (Å²) in [5.74, 6) is 5.54. The van der Waals surface area contributed by atoms with E-state index < -0.39 is 0 Å². The zero-order chi connectivity index (χ0) is 12.7. The van der Waals surface area contributed by atoms with Crippen molar-refractivity contribution in [3.05, 3.63) is 23.9 Å². The smallest absolute Gasteiger partial charge is 0.254 e. The molecule has 1 amide bonds. The van der Waals surface area contributed by atoms with E-state index in [2.05, 4.69) is 10.4 Å². The topological polar surface area (TPSA) is 95.0 Å². The van der Waals surface area contributed by atoms with Gasteiger partial charge in [-0.25, -0.2) is 10.8 Å². The van der Waals surface area contributed by atoms with Gasteiger partial charge in [0, 0.05) is 24.8 Å². The van der Waals surface area contributed by atoms with E-state index in [0.29, 0.717) is 30.9 Å². The van der Waals surface area contributed by atoms with Crippen molar-refractivity contribution in [2.75, 3.05) is 18.5 Å². The third-order valence-corrected chi connectivity index (χ3v) is 2.32. The average molecular weight is 233 g/mol. The number of anilines is 1. The van der Waals surface area contributed by atoms with Crippen LogP contribution in [0.3, 0.4) is 0 Å². The maximum atomic E-state index is 12.1. The monoisotopic (exact) mass is 233 g/mol. The summed E-state index contributed by atoms with van der Waals surface area (Å²) in [4.78, 5) is 17.6. The molecule has 0 aliphatic rings. The highest BCUT2D eigenvalue weighted by Crippen LogP contribution is 2.09. The Morgan fingerprint density at radius 1 is 1.71 bits per heavy atom. The van der Waals surface area contributed by atoms with E-state index in [1.54, 1.807) is 17.0 Å². The van der Waals surface area contributed by atoms with Crippen LogP contribution in [0.2, 0.25) is 0 Å². The molecular weight excluding hydrogens is 218 g/mol. The number of pyridine rings is 1. The number of nitrogens with two attached hydrogens (primary N) is 1. The third kappa shape index (κ3) is 3.43. The molecule has 1 rings (SSSR count). The van der Waals surface area contributed by atoms with Crippen LogP contribution in [0.15, 0.2) is 18.3 Å². The lowest BCUT2D eigenvalue weighted by molar-refractivity contribution is 0.0768. The van der Waals surface area contributed by atoms with Crippen LogP contribution in [0.1, 0.15) is 23.7 Å². The Labute approximate surface area is 100 Å². The maximum absolute atomic E-state index is 12.1. The Morgan fingerprint density at radius 3 is 3.06 bits per heavy atom. The summed E-state index contributed by atoms with van der Waals surface area (Å²) in [6, 6.07) is 5.23. The number of carbonyl (C=O) groups excluding carboxylic acids is 1. The normalized spacial score (nSPS) is 9.47. The van der Waals surface area contributed by atoms with Crippen LogP contribution in [0.5, 0.6) is 0 Å². The van der Waals surface area contributed by atoms with Crippen LogP contribution in [0.4, 0.5) is 5.82 Å². The van der Waals surface area contributed by atoms with Crippen LogP contribution >= 0.6 is 0 Å². The minimum Gasteiger partial charge on any atom is -0.338 e. The summed E-state index contributed by atoms with van der Waals surface area (Å²) in [5.41, 5.74) is 2.90. The van der Waals surface area contributed by atoms with Crippen LogP contribution in [0, 0.1) is 11.3 Å². The molecule has 0 radical (unpaired) electrons. The summed E-state index contributed by atoms with van der Waals surface area (Å²) in [5, 5.41) is 8.52. The number of hydrazine groups is 1. The lowest BCUT2D eigenvalue weighted by atomic mass is 10.2. The Morgan fingerprint density at radius 2 is 2.47 bits per heavy atom. The second kappa shape index (κ2) is 6.45. The summed E-state index contributed by atoms with van der Waals surface area (Å²) in [6.45, 7) is 2.87. The number of nitrogen functional groups attached to an aromatic ring is 1. The molecule has 0 saturated carbocycles.